The van der Waals surface area contributed by atoms with Gasteiger partial charge in [-0.15, -0.1) is 0 Å². The number of aromatic hydroxyl groups is 2. The van der Waals surface area contributed by atoms with Crippen LogP contribution < -0.4 is 20.7 Å². The third kappa shape index (κ3) is 9.26. The maximum Gasteiger partial charge on any atom is 0.349 e. The van der Waals surface area contributed by atoms with Gasteiger partial charge >= 0.3 is 11.3 Å². The van der Waals surface area contributed by atoms with Gasteiger partial charge < -0.3 is 28.5 Å². The first-order chi connectivity index (χ1) is 29.1. The number of benzene rings is 6. The molecule has 12 heteroatoms. The fraction of sp³-hybridized carbons (Fsp3) is 0.0833. The topological polar surface area (TPSA) is 144 Å². The van der Waals surface area contributed by atoms with E-state index < -0.39 is 11.3 Å². The number of hydrogen-bond donors (Lipinski definition) is 2. The Morgan fingerprint density at radius 1 is 0.517 bits per heavy atom. The van der Waals surface area contributed by atoms with Crippen molar-refractivity contribution in [3.05, 3.63) is 210 Å². The molecule has 0 aliphatic heterocycles. The van der Waals surface area contributed by atoms with Gasteiger partial charge in [0.1, 0.15) is 45.3 Å². The Morgan fingerprint density at radius 3 is 1.22 bits per heavy atom. The number of hydrogen-bond acceptors (Lipinski definition) is 10. The van der Waals surface area contributed by atoms with Crippen molar-refractivity contribution in [2.45, 2.75) is 13.1 Å². The summed E-state index contributed by atoms with van der Waals surface area (Å²) >= 11 is 12.0. The minimum atomic E-state index is -0.658. The molecular weight excluding hydrogens is 803 g/mol. The molecular formula is C48H36Cl2N2O8. The van der Waals surface area contributed by atoms with Gasteiger partial charge in [-0.3, -0.25) is 9.98 Å². The van der Waals surface area contributed by atoms with Crippen LogP contribution in [0, 0.1) is 0 Å². The minimum absolute atomic E-state index is 0.0181. The molecule has 0 amide bonds. The average Bonchev–Trinajstić information content (AvgIpc) is 3.27. The first-order valence-electron chi connectivity index (χ1n) is 18.5. The van der Waals surface area contributed by atoms with E-state index >= 15 is 0 Å². The summed E-state index contributed by atoms with van der Waals surface area (Å²) in [4.78, 5) is 34.9. The molecule has 10 nitrogen and oxygen atoms in total. The maximum absolute atomic E-state index is 12.8. The van der Waals surface area contributed by atoms with Crippen molar-refractivity contribution in [1.82, 2.24) is 0 Å². The maximum atomic E-state index is 12.8. The first kappa shape index (κ1) is 41.0. The van der Waals surface area contributed by atoms with Gasteiger partial charge in [0.2, 0.25) is 0 Å². The molecule has 0 saturated heterocycles. The highest BCUT2D eigenvalue weighted by Crippen LogP contribution is 2.30. The zero-order valence-corrected chi connectivity index (χ0v) is 33.8. The van der Waals surface area contributed by atoms with Crippen molar-refractivity contribution in [2.75, 3.05) is 14.2 Å². The third-order valence-corrected chi connectivity index (χ3v) is 9.94. The van der Waals surface area contributed by atoms with Gasteiger partial charge in [-0.1, -0.05) is 96.0 Å². The molecule has 0 saturated carbocycles. The van der Waals surface area contributed by atoms with E-state index in [1.54, 1.807) is 111 Å². The van der Waals surface area contributed by atoms with Gasteiger partial charge in [0.05, 0.1) is 49.5 Å². The summed E-state index contributed by atoms with van der Waals surface area (Å²) in [7, 11) is 3.21. The Labute approximate surface area is 353 Å². The van der Waals surface area contributed by atoms with Crippen LogP contribution in [0.3, 0.4) is 0 Å². The number of para-hydroxylation sites is 2. The monoisotopic (exact) mass is 838 g/mol. The van der Waals surface area contributed by atoms with E-state index in [-0.39, 0.29) is 22.6 Å². The lowest BCUT2D eigenvalue weighted by atomic mass is 10.0. The Bertz CT molecular complexity index is 2760. The molecule has 0 unspecified atom stereocenters. The van der Waals surface area contributed by atoms with E-state index in [2.05, 4.69) is 9.98 Å². The highest BCUT2D eigenvalue weighted by molar-refractivity contribution is 6.31. The van der Waals surface area contributed by atoms with Crippen LogP contribution in [0.25, 0.3) is 21.9 Å². The van der Waals surface area contributed by atoms with E-state index in [0.29, 0.717) is 67.6 Å². The number of nitrogens with zero attached hydrogens (tertiary/aromatic N) is 2. The standard InChI is InChI=1S/2C24H18ClNO4/c2*1-29-18-12-6-15(7-13-18)14-26-22(16-8-10-17(25)11-9-16)21-23(27)19-4-2-3-5-20(19)30-24(21)28/h2*2-13,27H,14H2,1H3. The molecule has 8 aromatic rings. The van der Waals surface area contributed by atoms with Crippen LogP contribution in [0.4, 0.5) is 0 Å². The Balaban J connectivity index is 0.000000181. The van der Waals surface area contributed by atoms with E-state index in [9.17, 15) is 19.8 Å². The SMILES string of the molecule is COc1ccc(CN=C(c2ccc(Cl)cc2)c2c(O)c3ccccc3oc2=O)cc1.COc1ccc(CN=C(c2ccc(Cl)cc2)c2c(O)c3ccccc3oc2=O)cc1. The highest BCUT2D eigenvalue weighted by atomic mass is 35.5. The highest BCUT2D eigenvalue weighted by Gasteiger charge is 2.22. The molecule has 0 radical (unpaired) electrons. The van der Waals surface area contributed by atoms with Gasteiger partial charge in [0.25, 0.3) is 0 Å². The van der Waals surface area contributed by atoms with E-state index in [4.69, 9.17) is 41.5 Å². The fourth-order valence-corrected chi connectivity index (χ4v) is 6.58. The predicted octanol–water partition coefficient (Wildman–Crippen LogP) is 10.4. The van der Waals surface area contributed by atoms with Crippen molar-refractivity contribution in [2.24, 2.45) is 9.98 Å². The minimum Gasteiger partial charge on any atom is -0.506 e. The van der Waals surface area contributed by atoms with Crippen LogP contribution in [-0.4, -0.2) is 35.9 Å². The summed E-state index contributed by atoms with van der Waals surface area (Å²) < 4.78 is 21.3. The fourth-order valence-electron chi connectivity index (χ4n) is 6.33. The zero-order chi connectivity index (χ0) is 42.2. The first-order valence-corrected chi connectivity index (χ1v) is 19.3. The van der Waals surface area contributed by atoms with Crippen molar-refractivity contribution >= 4 is 56.6 Å². The number of halogens is 2. The molecule has 2 heterocycles. The van der Waals surface area contributed by atoms with Gasteiger partial charge in [-0.05, 0) is 83.9 Å². The molecule has 0 bridgehead atoms. The number of fused-ring (bicyclic) bond motifs is 2. The number of aliphatic imine (C=N–C) groups is 2. The Kier molecular flexibility index (Phi) is 12.7. The Morgan fingerprint density at radius 2 is 0.867 bits per heavy atom. The summed E-state index contributed by atoms with van der Waals surface area (Å²) in [5.41, 5.74) is 3.15. The molecule has 0 aliphatic carbocycles. The molecule has 2 N–H and O–H groups in total. The van der Waals surface area contributed by atoms with Crippen LogP contribution in [0.2, 0.25) is 10.0 Å². The molecule has 0 fully saturated rings. The number of ether oxygens (including phenoxy) is 2. The van der Waals surface area contributed by atoms with E-state index in [1.165, 1.54) is 0 Å². The van der Waals surface area contributed by atoms with E-state index in [0.717, 1.165) is 22.6 Å². The zero-order valence-electron chi connectivity index (χ0n) is 32.3. The Hall–Kier alpha value is -7.14. The lowest BCUT2D eigenvalue weighted by Crippen LogP contribution is -2.17. The molecule has 2 aromatic heterocycles. The van der Waals surface area contributed by atoms with Crippen molar-refractivity contribution < 1.29 is 28.5 Å². The van der Waals surface area contributed by atoms with Crippen LogP contribution in [0.15, 0.2) is 174 Å². The quantitative estimate of drug-likeness (QED) is 0.102. The predicted molar refractivity (Wildman–Crippen MR) is 236 cm³/mol. The molecule has 8 rings (SSSR count). The van der Waals surface area contributed by atoms with E-state index in [1.807, 2.05) is 48.5 Å². The summed E-state index contributed by atoms with van der Waals surface area (Å²) in [6.07, 6.45) is 0. The molecule has 6 aromatic carbocycles. The summed E-state index contributed by atoms with van der Waals surface area (Å²) in [5, 5.41) is 23.8. The van der Waals surface area contributed by atoms with Gasteiger partial charge in [0.15, 0.2) is 0 Å². The second kappa shape index (κ2) is 18.6. The summed E-state index contributed by atoms with van der Waals surface area (Å²) in [6.45, 7) is 0.599. The molecule has 0 spiro atoms. The average molecular weight is 840 g/mol. The molecule has 300 valence electrons. The lowest BCUT2D eigenvalue weighted by Gasteiger charge is -2.11. The largest absolute Gasteiger partial charge is 0.506 e. The van der Waals surface area contributed by atoms with Crippen molar-refractivity contribution in [1.29, 1.82) is 0 Å². The second-order valence-electron chi connectivity index (χ2n) is 13.3. The molecule has 60 heavy (non-hydrogen) atoms. The van der Waals surface area contributed by atoms with Crippen LogP contribution >= 0.6 is 23.2 Å². The normalized spacial score (nSPS) is 11.6. The van der Waals surface area contributed by atoms with Crippen LogP contribution in [0.5, 0.6) is 23.0 Å². The molecule has 0 aliphatic rings. The van der Waals surface area contributed by atoms with Crippen LogP contribution in [0.1, 0.15) is 33.4 Å². The number of rotatable bonds is 10. The third-order valence-electron chi connectivity index (χ3n) is 9.44. The second-order valence-corrected chi connectivity index (χ2v) is 14.1. The van der Waals surface area contributed by atoms with Gasteiger partial charge in [-0.2, -0.15) is 0 Å². The summed E-state index contributed by atoms with van der Waals surface area (Å²) in [6, 6.07) is 42.5. The van der Waals surface area contributed by atoms with Crippen molar-refractivity contribution in [3.63, 3.8) is 0 Å². The lowest BCUT2D eigenvalue weighted by molar-refractivity contribution is 0.414. The van der Waals surface area contributed by atoms with Gasteiger partial charge in [-0.25, -0.2) is 9.59 Å². The number of methoxy groups -OCH3 is 2. The van der Waals surface area contributed by atoms with Gasteiger partial charge in [0, 0.05) is 21.2 Å². The summed E-state index contributed by atoms with van der Waals surface area (Å²) in [5.74, 6) is 1.16. The van der Waals surface area contributed by atoms with Crippen molar-refractivity contribution in [3.8, 4) is 23.0 Å². The molecule has 0 atom stereocenters. The van der Waals surface area contributed by atoms with Crippen LogP contribution in [-0.2, 0) is 13.1 Å². The smallest absolute Gasteiger partial charge is 0.349 e.